The van der Waals surface area contributed by atoms with E-state index in [2.05, 4.69) is 16.7 Å². The second-order valence-electron chi connectivity index (χ2n) is 8.85. The average molecular weight is 290 g/mol. The predicted octanol–water partition coefficient (Wildman–Crippen LogP) is 2.22. The first-order valence-electron chi connectivity index (χ1n) is 8.78. The molecule has 6 aliphatic rings. The Kier molecular flexibility index (Phi) is 2.28. The summed E-state index contributed by atoms with van der Waals surface area (Å²) in [7, 11) is 0. The Morgan fingerprint density at radius 3 is 2.52 bits per heavy atom. The van der Waals surface area contributed by atoms with E-state index < -0.39 is 5.60 Å². The topological polar surface area (TPSA) is 43.8 Å². The smallest absolute Gasteiger partial charge is 0.320 e. The lowest BCUT2D eigenvalue weighted by molar-refractivity contribution is -0.152. The number of fused-ring (bicyclic) bond motifs is 1. The molecule has 2 aliphatic heterocycles. The van der Waals surface area contributed by atoms with Gasteiger partial charge in [-0.1, -0.05) is 0 Å². The van der Waals surface area contributed by atoms with Crippen LogP contribution in [0.15, 0.2) is 0 Å². The summed E-state index contributed by atoms with van der Waals surface area (Å²) in [5.41, 5.74) is -0.307. The number of carbonyl (C=O) groups excluding carboxylic acids is 1. The second kappa shape index (κ2) is 3.76. The van der Waals surface area contributed by atoms with Crippen molar-refractivity contribution in [3.8, 4) is 0 Å². The number of aliphatic hydroxyl groups is 1. The van der Waals surface area contributed by atoms with Crippen LogP contribution in [-0.2, 0) is 0 Å². The van der Waals surface area contributed by atoms with Crippen LogP contribution < -0.4 is 0 Å². The van der Waals surface area contributed by atoms with Crippen LogP contribution in [0.4, 0.5) is 4.79 Å². The van der Waals surface area contributed by atoms with Gasteiger partial charge in [0, 0.05) is 19.1 Å². The van der Waals surface area contributed by atoms with Gasteiger partial charge in [-0.05, 0) is 69.6 Å². The van der Waals surface area contributed by atoms with Crippen molar-refractivity contribution in [1.82, 2.24) is 9.80 Å². The van der Waals surface area contributed by atoms with Gasteiger partial charge in [-0.3, -0.25) is 0 Å². The molecule has 3 atom stereocenters. The zero-order valence-corrected chi connectivity index (χ0v) is 12.9. The van der Waals surface area contributed by atoms with Crippen LogP contribution in [-0.4, -0.2) is 51.2 Å². The van der Waals surface area contributed by atoms with Crippen molar-refractivity contribution in [2.75, 3.05) is 13.1 Å². The van der Waals surface area contributed by atoms with Crippen molar-refractivity contribution in [2.45, 2.75) is 69.1 Å². The molecular weight excluding hydrogens is 264 g/mol. The molecule has 1 N–H and O–H groups in total. The summed E-state index contributed by atoms with van der Waals surface area (Å²) in [5, 5.41) is 10.7. The zero-order chi connectivity index (χ0) is 14.4. The Hall–Kier alpha value is -0.770. The maximum atomic E-state index is 12.9. The molecule has 0 aromatic rings. The quantitative estimate of drug-likeness (QED) is 0.804. The molecule has 4 heteroatoms. The maximum Gasteiger partial charge on any atom is 0.320 e. The van der Waals surface area contributed by atoms with E-state index in [9.17, 15) is 9.90 Å². The highest BCUT2D eigenvalue weighted by Gasteiger charge is 2.60. The van der Waals surface area contributed by atoms with E-state index in [1.54, 1.807) is 0 Å². The minimum atomic E-state index is -0.393. The molecule has 2 amide bonds. The zero-order valence-electron chi connectivity index (χ0n) is 12.9. The normalized spacial score (nSPS) is 54.7. The van der Waals surface area contributed by atoms with Gasteiger partial charge in [0.2, 0.25) is 0 Å². The highest BCUT2D eigenvalue weighted by atomic mass is 16.3. The van der Waals surface area contributed by atoms with E-state index in [0.29, 0.717) is 23.9 Å². The van der Waals surface area contributed by atoms with Gasteiger partial charge < -0.3 is 14.9 Å². The van der Waals surface area contributed by atoms with E-state index >= 15 is 0 Å². The number of carbonyl (C=O) groups is 1. The standard InChI is InChI=1S/C17H26N2O2/c1-16-3-2-4-19(16)15(20)18(10-16)14-12-5-11-6-13(14)9-17(21,7-11)8-12/h11-14,21H,2-10H2,1H3. The lowest BCUT2D eigenvalue weighted by atomic mass is 9.52. The van der Waals surface area contributed by atoms with Gasteiger partial charge in [0.25, 0.3) is 0 Å². The van der Waals surface area contributed by atoms with E-state index in [4.69, 9.17) is 0 Å². The number of hydrogen-bond acceptors (Lipinski definition) is 2. The Labute approximate surface area is 126 Å². The minimum absolute atomic E-state index is 0.0860. The minimum Gasteiger partial charge on any atom is -0.390 e. The summed E-state index contributed by atoms with van der Waals surface area (Å²) < 4.78 is 0. The first-order chi connectivity index (χ1) is 9.97. The lowest BCUT2D eigenvalue weighted by Gasteiger charge is -2.59. The van der Waals surface area contributed by atoms with Crippen LogP contribution in [0.1, 0.15) is 51.9 Å². The highest BCUT2D eigenvalue weighted by Crippen LogP contribution is 2.58. The van der Waals surface area contributed by atoms with Crippen LogP contribution in [0.25, 0.3) is 0 Å². The summed E-state index contributed by atoms with van der Waals surface area (Å²) in [5.74, 6) is 1.82. The van der Waals surface area contributed by atoms with Crippen molar-refractivity contribution < 1.29 is 9.90 Å². The van der Waals surface area contributed by atoms with Crippen molar-refractivity contribution in [3.05, 3.63) is 0 Å². The fourth-order valence-corrected chi connectivity index (χ4v) is 6.80. The van der Waals surface area contributed by atoms with Gasteiger partial charge in [-0.2, -0.15) is 0 Å². The van der Waals surface area contributed by atoms with Gasteiger partial charge in [0.15, 0.2) is 0 Å². The SMILES string of the molecule is CC12CCCN1C(=O)N(C1C3CC4CC1CC(O)(C4)C3)C2. The summed E-state index contributed by atoms with van der Waals surface area (Å²) in [4.78, 5) is 17.2. The molecule has 6 rings (SSSR count). The molecule has 4 nitrogen and oxygen atoms in total. The Bertz CT molecular complexity index is 491. The molecule has 6 fully saturated rings. The number of rotatable bonds is 1. The average Bonchev–Trinajstić information content (AvgIpc) is 2.85. The summed E-state index contributed by atoms with van der Waals surface area (Å²) in [6, 6.07) is 0.705. The summed E-state index contributed by atoms with van der Waals surface area (Å²) in [6.45, 7) is 4.13. The Morgan fingerprint density at radius 1 is 1.19 bits per heavy atom. The third-order valence-electron chi connectivity index (χ3n) is 7.29. The third kappa shape index (κ3) is 1.57. The van der Waals surface area contributed by atoms with Crippen LogP contribution in [0.5, 0.6) is 0 Å². The molecule has 4 bridgehead atoms. The van der Waals surface area contributed by atoms with Crippen LogP contribution in [0, 0.1) is 17.8 Å². The Balaban J connectivity index is 1.46. The molecule has 0 aromatic carbocycles. The summed E-state index contributed by atoms with van der Waals surface area (Å²) in [6.07, 6.45) is 7.69. The van der Waals surface area contributed by atoms with Crippen molar-refractivity contribution in [1.29, 1.82) is 0 Å². The van der Waals surface area contributed by atoms with Crippen molar-refractivity contribution >= 4 is 6.03 Å². The van der Waals surface area contributed by atoms with E-state index in [1.165, 1.54) is 12.8 Å². The van der Waals surface area contributed by atoms with Gasteiger partial charge >= 0.3 is 6.03 Å². The van der Waals surface area contributed by atoms with Gasteiger partial charge in [0.1, 0.15) is 0 Å². The number of nitrogens with zero attached hydrogens (tertiary/aromatic N) is 2. The van der Waals surface area contributed by atoms with Crippen molar-refractivity contribution in [3.63, 3.8) is 0 Å². The fraction of sp³-hybridized carbons (Fsp3) is 0.941. The number of urea groups is 1. The van der Waals surface area contributed by atoms with Crippen LogP contribution >= 0.6 is 0 Å². The third-order valence-corrected chi connectivity index (χ3v) is 7.29. The first kappa shape index (κ1) is 12.7. The molecular formula is C17H26N2O2. The fourth-order valence-electron chi connectivity index (χ4n) is 6.80. The van der Waals surface area contributed by atoms with Crippen LogP contribution in [0.3, 0.4) is 0 Å². The predicted molar refractivity (Wildman–Crippen MR) is 78.7 cm³/mol. The van der Waals surface area contributed by atoms with E-state index in [-0.39, 0.29) is 5.54 Å². The number of hydrogen-bond donors (Lipinski definition) is 1. The van der Waals surface area contributed by atoms with Crippen LogP contribution in [0.2, 0.25) is 0 Å². The molecule has 0 spiro atoms. The van der Waals surface area contributed by atoms with E-state index in [1.807, 2.05) is 0 Å². The molecule has 116 valence electrons. The second-order valence-corrected chi connectivity index (χ2v) is 8.85. The van der Waals surface area contributed by atoms with Gasteiger partial charge in [-0.15, -0.1) is 0 Å². The molecule has 0 aromatic heterocycles. The first-order valence-corrected chi connectivity index (χ1v) is 8.78. The molecule has 4 saturated carbocycles. The lowest BCUT2D eigenvalue weighted by Crippen LogP contribution is -2.62. The largest absolute Gasteiger partial charge is 0.390 e. The number of amides is 2. The maximum absolute atomic E-state index is 12.9. The summed E-state index contributed by atoms with van der Waals surface area (Å²) >= 11 is 0. The monoisotopic (exact) mass is 290 g/mol. The highest BCUT2D eigenvalue weighted by molar-refractivity contribution is 5.79. The molecule has 0 radical (unpaired) electrons. The molecule has 21 heavy (non-hydrogen) atoms. The van der Waals surface area contributed by atoms with E-state index in [0.717, 1.165) is 51.1 Å². The van der Waals surface area contributed by atoms with Gasteiger partial charge in [0.05, 0.1) is 11.1 Å². The van der Waals surface area contributed by atoms with Gasteiger partial charge in [-0.25, -0.2) is 4.79 Å². The molecule has 4 aliphatic carbocycles. The Morgan fingerprint density at radius 2 is 1.90 bits per heavy atom. The van der Waals surface area contributed by atoms with Crippen molar-refractivity contribution in [2.24, 2.45) is 17.8 Å². The molecule has 2 heterocycles. The molecule has 3 unspecified atom stereocenters. The molecule has 2 saturated heterocycles.